The average molecular weight is 364 g/mol. The first kappa shape index (κ1) is 13.6. The number of aryl methyl sites for hydroxylation is 2. The van der Waals surface area contributed by atoms with Crippen LogP contribution in [0, 0.1) is 5.41 Å². The summed E-state index contributed by atoms with van der Waals surface area (Å²) in [7, 11) is 2.07. The van der Waals surface area contributed by atoms with Crippen LogP contribution in [-0.4, -0.2) is 15.1 Å². The molecule has 1 aromatic rings. The normalized spacial score (nSPS) is 18.8. The SMILES string of the molecule is CCc1nn(C)c(CC2(CBr)CCCC2)c1Br. The van der Waals surface area contributed by atoms with E-state index < -0.39 is 0 Å². The number of nitrogens with zero attached hydrogens (tertiary/aromatic N) is 2. The Hall–Kier alpha value is 0.170. The summed E-state index contributed by atoms with van der Waals surface area (Å²) in [5.74, 6) is 0. The van der Waals surface area contributed by atoms with Gasteiger partial charge in [-0.25, -0.2) is 0 Å². The Bertz CT molecular complexity index is 392. The molecule has 96 valence electrons. The summed E-state index contributed by atoms with van der Waals surface area (Å²) in [5, 5.41) is 5.70. The van der Waals surface area contributed by atoms with Crippen LogP contribution in [0.5, 0.6) is 0 Å². The van der Waals surface area contributed by atoms with Gasteiger partial charge in [-0.15, -0.1) is 0 Å². The van der Waals surface area contributed by atoms with Crippen molar-refractivity contribution in [3.8, 4) is 0 Å². The van der Waals surface area contributed by atoms with E-state index >= 15 is 0 Å². The van der Waals surface area contributed by atoms with Crippen molar-refractivity contribution in [2.45, 2.75) is 45.4 Å². The Kier molecular flexibility index (Phi) is 4.35. The lowest BCUT2D eigenvalue weighted by molar-refractivity contribution is 0.337. The Morgan fingerprint density at radius 3 is 2.47 bits per heavy atom. The van der Waals surface area contributed by atoms with E-state index in [9.17, 15) is 0 Å². The lowest BCUT2D eigenvalue weighted by atomic mass is 9.83. The first-order chi connectivity index (χ1) is 8.12. The zero-order chi connectivity index (χ0) is 12.5. The largest absolute Gasteiger partial charge is 0.271 e. The van der Waals surface area contributed by atoms with Crippen molar-refractivity contribution < 1.29 is 0 Å². The van der Waals surface area contributed by atoms with Gasteiger partial charge in [0.25, 0.3) is 0 Å². The molecule has 1 aliphatic rings. The molecule has 1 heterocycles. The van der Waals surface area contributed by atoms with Gasteiger partial charge in [-0.1, -0.05) is 35.7 Å². The zero-order valence-electron chi connectivity index (χ0n) is 10.6. The average Bonchev–Trinajstić information content (AvgIpc) is 2.90. The molecule has 0 amide bonds. The Labute approximate surface area is 120 Å². The van der Waals surface area contributed by atoms with Gasteiger partial charge in [0.2, 0.25) is 0 Å². The van der Waals surface area contributed by atoms with E-state index in [2.05, 4.69) is 55.6 Å². The molecule has 0 unspecified atom stereocenters. The van der Waals surface area contributed by atoms with Crippen LogP contribution in [0.25, 0.3) is 0 Å². The highest BCUT2D eigenvalue weighted by molar-refractivity contribution is 9.10. The molecule has 0 spiro atoms. The minimum absolute atomic E-state index is 0.460. The fraction of sp³-hybridized carbons (Fsp3) is 0.769. The smallest absolute Gasteiger partial charge is 0.0766 e. The molecule has 1 aliphatic carbocycles. The zero-order valence-corrected chi connectivity index (χ0v) is 13.8. The van der Waals surface area contributed by atoms with Crippen molar-refractivity contribution in [1.82, 2.24) is 9.78 Å². The molecule has 0 aromatic carbocycles. The van der Waals surface area contributed by atoms with E-state index in [1.807, 2.05) is 0 Å². The third-order valence-electron chi connectivity index (χ3n) is 3.99. The van der Waals surface area contributed by atoms with E-state index in [0.29, 0.717) is 5.41 Å². The topological polar surface area (TPSA) is 17.8 Å². The second kappa shape index (κ2) is 5.43. The molecule has 2 nitrogen and oxygen atoms in total. The van der Waals surface area contributed by atoms with Crippen molar-refractivity contribution in [3.05, 3.63) is 15.9 Å². The molecule has 4 heteroatoms. The molecule has 0 N–H and O–H groups in total. The Morgan fingerprint density at radius 2 is 2.00 bits per heavy atom. The Morgan fingerprint density at radius 1 is 1.35 bits per heavy atom. The van der Waals surface area contributed by atoms with Gasteiger partial charge < -0.3 is 0 Å². The quantitative estimate of drug-likeness (QED) is 0.731. The maximum atomic E-state index is 4.59. The van der Waals surface area contributed by atoms with Gasteiger partial charge in [0.05, 0.1) is 15.9 Å². The van der Waals surface area contributed by atoms with E-state index in [-0.39, 0.29) is 0 Å². The van der Waals surface area contributed by atoms with Gasteiger partial charge in [0.1, 0.15) is 0 Å². The first-order valence-electron chi connectivity index (χ1n) is 6.38. The van der Waals surface area contributed by atoms with E-state index in [1.165, 1.54) is 41.5 Å². The number of halogens is 2. The molecule has 0 aliphatic heterocycles. The lowest BCUT2D eigenvalue weighted by Gasteiger charge is -2.26. The van der Waals surface area contributed by atoms with Crippen LogP contribution < -0.4 is 0 Å². The summed E-state index contributed by atoms with van der Waals surface area (Å²) in [6.45, 7) is 2.16. The highest BCUT2D eigenvalue weighted by atomic mass is 79.9. The van der Waals surface area contributed by atoms with Crippen molar-refractivity contribution >= 4 is 31.9 Å². The maximum Gasteiger partial charge on any atom is 0.0766 e. The van der Waals surface area contributed by atoms with Crippen molar-refractivity contribution in [3.63, 3.8) is 0 Å². The second-order valence-electron chi connectivity index (χ2n) is 5.20. The summed E-state index contributed by atoms with van der Waals surface area (Å²) < 4.78 is 3.29. The van der Waals surface area contributed by atoms with Crippen LogP contribution in [0.3, 0.4) is 0 Å². The summed E-state index contributed by atoms with van der Waals surface area (Å²) in [5.41, 5.74) is 3.01. The van der Waals surface area contributed by atoms with Crippen molar-refractivity contribution in [2.24, 2.45) is 12.5 Å². The predicted octanol–water partition coefficient (Wildman–Crippen LogP) is 4.24. The number of rotatable bonds is 4. The molecule has 0 saturated heterocycles. The fourth-order valence-corrected chi connectivity index (χ4v) is 4.37. The van der Waals surface area contributed by atoms with Crippen LogP contribution in [-0.2, 0) is 19.9 Å². The van der Waals surface area contributed by atoms with E-state index in [1.54, 1.807) is 0 Å². The predicted molar refractivity (Wildman–Crippen MR) is 78.7 cm³/mol. The standard InChI is InChI=1S/C13H20Br2N2/c1-3-10-12(15)11(17(2)16-10)8-13(9-14)6-4-5-7-13/h3-9H2,1-2H3. The van der Waals surface area contributed by atoms with E-state index in [0.717, 1.165) is 18.2 Å². The molecule has 2 rings (SSSR count). The van der Waals surface area contributed by atoms with Crippen LogP contribution in [0.2, 0.25) is 0 Å². The van der Waals surface area contributed by atoms with Gasteiger partial charge >= 0.3 is 0 Å². The molecule has 17 heavy (non-hydrogen) atoms. The summed E-state index contributed by atoms with van der Waals surface area (Å²) in [6, 6.07) is 0. The summed E-state index contributed by atoms with van der Waals surface area (Å²) in [4.78, 5) is 0. The molecule has 0 atom stereocenters. The molecule has 0 radical (unpaired) electrons. The van der Waals surface area contributed by atoms with Crippen molar-refractivity contribution in [2.75, 3.05) is 5.33 Å². The van der Waals surface area contributed by atoms with Crippen LogP contribution in [0.4, 0.5) is 0 Å². The maximum absolute atomic E-state index is 4.59. The van der Waals surface area contributed by atoms with E-state index in [4.69, 9.17) is 0 Å². The lowest BCUT2D eigenvalue weighted by Crippen LogP contribution is -2.23. The van der Waals surface area contributed by atoms with Gasteiger partial charge in [0.15, 0.2) is 0 Å². The molecule has 1 aromatic heterocycles. The molecule has 1 fully saturated rings. The van der Waals surface area contributed by atoms with Crippen LogP contribution in [0.15, 0.2) is 4.47 Å². The number of hydrogen-bond donors (Lipinski definition) is 0. The third kappa shape index (κ3) is 2.62. The van der Waals surface area contributed by atoms with Crippen LogP contribution >= 0.6 is 31.9 Å². The summed E-state index contributed by atoms with van der Waals surface area (Å²) in [6.07, 6.45) is 7.58. The fourth-order valence-electron chi connectivity index (χ4n) is 2.85. The Balaban J connectivity index is 2.25. The number of aromatic nitrogens is 2. The molecular weight excluding hydrogens is 344 g/mol. The van der Waals surface area contributed by atoms with Gasteiger partial charge in [-0.05, 0) is 47.0 Å². The van der Waals surface area contributed by atoms with Crippen LogP contribution in [0.1, 0.15) is 44.0 Å². The molecular formula is C13H20Br2N2. The highest BCUT2D eigenvalue weighted by Gasteiger charge is 2.34. The minimum Gasteiger partial charge on any atom is -0.271 e. The van der Waals surface area contributed by atoms with Gasteiger partial charge in [-0.2, -0.15) is 5.10 Å². The molecule has 0 bridgehead atoms. The molecule has 1 saturated carbocycles. The second-order valence-corrected chi connectivity index (χ2v) is 6.56. The van der Waals surface area contributed by atoms with Gasteiger partial charge in [-0.3, -0.25) is 4.68 Å². The summed E-state index contributed by atoms with van der Waals surface area (Å²) >= 11 is 7.44. The third-order valence-corrected chi connectivity index (χ3v) is 6.10. The highest BCUT2D eigenvalue weighted by Crippen LogP contribution is 2.43. The first-order valence-corrected chi connectivity index (χ1v) is 8.29. The number of alkyl halides is 1. The van der Waals surface area contributed by atoms with Gasteiger partial charge in [0, 0.05) is 12.4 Å². The monoisotopic (exact) mass is 362 g/mol. The minimum atomic E-state index is 0.460. The number of hydrogen-bond acceptors (Lipinski definition) is 1. The van der Waals surface area contributed by atoms with Crippen molar-refractivity contribution in [1.29, 1.82) is 0 Å².